The summed E-state index contributed by atoms with van der Waals surface area (Å²) in [5.41, 5.74) is 4.09. The van der Waals surface area contributed by atoms with Gasteiger partial charge in [0.05, 0.1) is 5.75 Å². The van der Waals surface area contributed by atoms with Crippen LogP contribution in [0.25, 0.3) is 22.2 Å². The molecule has 126 valence electrons. The summed E-state index contributed by atoms with van der Waals surface area (Å²) in [7, 11) is -1.20. The first-order valence-electron chi connectivity index (χ1n) is 7.71. The van der Waals surface area contributed by atoms with Crippen molar-refractivity contribution in [1.82, 2.24) is 9.29 Å². The first-order chi connectivity index (χ1) is 11.4. The highest BCUT2D eigenvalue weighted by Gasteiger charge is 2.10. The fourth-order valence-electron chi connectivity index (χ4n) is 2.72. The van der Waals surface area contributed by atoms with Gasteiger partial charge in [-0.1, -0.05) is 35.9 Å². The number of benzene rings is 2. The number of nitrogens with zero attached hydrogens (tertiary/aromatic N) is 1. The van der Waals surface area contributed by atoms with Gasteiger partial charge in [-0.05, 0) is 42.3 Å². The SMILES string of the molecule is CCS(=O)(=O)NCc1cccc(-c2cc3ccc(Cl)cc3n2C)c1. The highest BCUT2D eigenvalue weighted by atomic mass is 35.5. The molecule has 0 fully saturated rings. The molecule has 6 heteroatoms. The van der Waals surface area contributed by atoms with E-state index >= 15 is 0 Å². The van der Waals surface area contributed by atoms with Crippen molar-refractivity contribution in [3.05, 3.63) is 59.1 Å². The third-order valence-corrected chi connectivity index (χ3v) is 5.69. The van der Waals surface area contributed by atoms with Crippen molar-refractivity contribution in [2.24, 2.45) is 7.05 Å². The second kappa shape index (κ2) is 6.59. The predicted octanol–water partition coefficient (Wildman–Crippen LogP) is 3.94. The molecular formula is C18H19ClN2O2S. The minimum Gasteiger partial charge on any atom is -0.344 e. The van der Waals surface area contributed by atoms with Gasteiger partial charge in [-0.15, -0.1) is 0 Å². The molecule has 0 aliphatic rings. The molecule has 2 aromatic carbocycles. The van der Waals surface area contributed by atoms with Gasteiger partial charge < -0.3 is 4.57 Å². The van der Waals surface area contributed by atoms with Gasteiger partial charge in [0, 0.05) is 35.2 Å². The molecule has 0 saturated carbocycles. The summed E-state index contributed by atoms with van der Waals surface area (Å²) in [6.07, 6.45) is 0. The molecule has 0 atom stereocenters. The van der Waals surface area contributed by atoms with Crippen LogP contribution in [0.5, 0.6) is 0 Å². The van der Waals surface area contributed by atoms with Crippen LogP contribution in [0, 0.1) is 0 Å². The van der Waals surface area contributed by atoms with E-state index in [9.17, 15) is 8.42 Å². The van der Waals surface area contributed by atoms with Crippen molar-refractivity contribution in [2.45, 2.75) is 13.5 Å². The number of hydrogen-bond acceptors (Lipinski definition) is 2. The monoisotopic (exact) mass is 362 g/mol. The van der Waals surface area contributed by atoms with Crippen molar-refractivity contribution in [1.29, 1.82) is 0 Å². The molecule has 0 amide bonds. The van der Waals surface area contributed by atoms with E-state index < -0.39 is 10.0 Å². The van der Waals surface area contributed by atoms with E-state index in [4.69, 9.17) is 11.6 Å². The highest BCUT2D eigenvalue weighted by molar-refractivity contribution is 7.89. The molecule has 1 aromatic heterocycles. The topological polar surface area (TPSA) is 51.1 Å². The molecule has 4 nitrogen and oxygen atoms in total. The van der Waals surface area contributed by atoms with Gasteiger partial charge in [0.2, 0.25) is 10.0 Å². The Hall–Kier alpha value is -1.82. The lowest BCUT2D eigenvalue weighted by Gasteiger charge is -2.08. The van der Waals surface area contributed by atoms with Crippen LogP contribution in [-0.4, -0.2) is 18.7 Å². The fraction of sp³-hybridized carbons (Fsp3) is 0.222. The number of aryl methyl sites for hydroxylation is 1. The van der Waals surface area contributed by atoms with E-state index in [1.807, 2.05) is 49.5 Å². The average Bonchev–Trinajstić information content (AvgIpc) is 2.90. The number of fused-ring (bicyclic) bond motifs is 1. The van der Waals surface area contributed by atoms with E-state index in [0.29, 0.717) is 11.6 Å². The number of sulfonamides is 1. The summed E-state index contributed by atoms with van der Waals surface area (Å²) in [6, 6.07) is 15.8. The van der Waals surface area contributed by atoms with Crippen LogP contribution >= 0.6 is 11.6 Å². The first-order valence-corrected chi connectivity index (χ1v) is 9.74. The van der Waals surface area contributed by atoms with Crippen LogP contribution in [-0.2, 0) is 23.6 Å². The molecule has 0 aliphatic carbocycles. The van der Waals surface area contributed by atoms with Crippen LogP contribution in [0.15, 0.2) is 48.5 Å². The maximum absolute atomic E-state index is 11.6. The summed E-state index contributed by atoms with van der Waals surface area (Å²) < 4.78 is 27.9. The molecule has 0 radical (unpaired) electrons. The summed E-state index contributed by atoms with van der Waals surface area (Å²) >= 11 is 6.09. The van der Waals surface area contributed by atoms with Crippen LogP contribution in [0.3, 0.4) is 0 Å². The third kappa shape index (κ3) is 3.48. The molecule has 0 aliphatic heterocycles. The van der Waals surface area contributed by atoms with E-state index in [0.717, 1.165) is 27.7 Å². The highest BCUT2D eigenvalue weighted by Crippen LogP contribution is 2.29. The standard InChI is InChI=1S/C18H19ClN2O2S/c1-3-24(22,23)20-12-13-5-4-6-14(9-13)17-10-15-7-8-16(19)11-18(15)21(17)2/h4-11,20H,3,12H2,1-2H3. The van der Waals surface area contributed by atoms with Crippen molar-refractivity contribution < 1.29 is 8.42 Å². The van der Waals surface area contributed by atoms with Gasteiger partial charge >= 0.3 is 0 Å². The molecule has 0 saturated heterocycles. The summed E-state index contributed by atoms with van der Waals surface area (Å²) in [5.74, 6) is 0.0800. The van der Waals surface area contributed by atoms with Gasteiger partial charge in [-0.25, -0.2) is 13.1 Å². The zero-order valence-corrected chi connectivity index (χ0v) is 15.2. The Kier molecular flexibility index (Phi) is 4.67. The Bertz CT molecular complexity index is 993. The van der Waals surface area contributed by atoms with Gasteiger partial charge in [0.1, 0.15) is 0 Å². The second-order valence-corrected chi connectivity index (χ2v) is 8.25. The second-order valence-electron chi connectivity index (χ2n) is 5.72. The van der Waals surface area contributed by atoms with Crippen LogP contribution in [0.4, 0.5) is 0 Å². The normalized spacial score (nSPS) is 12.0. The smallest absolute Gasteiger partial charge is 0.211 e. The number of aromatic nitrogens is 1. The minimum atomic E-state index is -3.20. The average molecular weight is 363 g/mol. The number of halogens is 1. The quantitative estimate of drug-likeness (QED) is 0.747. The number of rotatable bonds is 5. The van der Waals surface area contributed by atoms with E-state index in [1.54, 1.807) is 6.92 Å². The largest absolute Gasteiger partial charge is 0.344 e. The summed E-state index contributed by atoms with van der Waals surface area (Å²) in [4.78, 5) is 0. The van der Waals surface area contributed by atoms with Gasteiger partial charge in [-0.2, -0.15) is 0 Å². The number of nitrogens with one attached hydrogen (secondary N) is 1. The van der Waals surface area contributed by atoms with E-state index in [-0.39, 0.29) is 5.75 Å². The van der Waals surface area contributed by atoms with Crippen molar-refractivity contribution in [3.8, 4) is 11.3 Å². The zero-order chi connectivity index (χ0) is 17.3. The lowest BCUT2D eigenvalue weighted by molar-refractivity contribution is 0.582. The molecule has 1 heterocycles. The third-order valence-electron chi connectivity index (χ3n) is 4.11. The van der Waals surface area contributed by atoms with E-state index in [2.05, 4.69) is 15.4 Å². The Morgan fingerprint density at radius 2 is 1.92 bits per heavy atom. The van der Waals surface area contributed by atoms with Crippen molar-refractivity contribution in [2.75, 3.05) is 5.75 Å². The molecule has 0 unspecified atom stereocenters. The Labute approximate surface area is 147 Å². The zero-order valence-electron chi connectivity index (χ0n) is 13.6. The van der Waals surface area contributed by atoms with Crippen molar-refractivity contribution in [3.63, 3.8) is 0 Å². The molecule has 24 heavy (non-hydrogen) atoms. The molecular weight excluding hydrogens is 344 g/mol. The number of hydrogen-bond donors (Lipinski definition) is 1. The first kappa shape index (κ1) is 17.0. The fourth-order valence-corrected chi connectivity index (χ4v) is 3.47. The molecule has 0 bridgehead atoms. The Morgan fingerprint density at radius 1 is 1.12 bits per heavy atom. The Balaban J connectivity index is 1.96. The molecule has 1 N–H and O–H groups in total. The lowest BCUT2D eigenvalue weighted by Crippen LogP contribution is -2.24. The van der Waals surface area contributed by atoms with Crippen LogP contribution in [0.2, 0.25) is 5.02 Å². The summed E-state index contributed by atoms with van der Waals surface area (Å²) in [5, 5.41) is 1.83. The van der Waals surface area contributed by atoms with Crippen LogP contribution in [0.1, 0.15) is 12.5 Å². The van der Waals surface area contributed by atoms with Gasteiger partial charge in [0.15, 0.2) is 0 Å². The van der Waals surface area contributed by atoms with Gasteiger partial charge in [0.25, 0.3) is 0 Å². The Morgan fingerprint density at radius 3 is 2.67 bits per heavy atom. The molecule has 0 spiro atoms. The summed E-state index contributed by atoms with van der Waals surface area (Å²) in [6.45, 7) is 1.92. The maximum atomic E-state index is 11.6. The van der Waals surface area contributed by atoms with Crippen molar-refractivity contribution >= 4 is 32.5 Å². The maximum Gasteiger partial charge on any atom is 0.211 e. The predicted molar refractivity (Wildman–Crippen MR) is 99.7 cm³/mol. The van der Waals surface area contributed by atoms with E-state index in [1.165, 1.54) is 0 Å². The van der Waals surface area contributed by atoms with Gasteiger partial charge in [-0.3, -0.25) is 0 Å². The van der Waals surface area contributed by atoms with Crippen LogP contribution < -0.4 is 4.72 Å². The molecule has 3 rings (SSSR count). The lowest BCUT2D eigenvalue weighted by atomic mass is 10.1. The minimum absolute atomic E-state index is 0.0800. The molecule has 3 aromatic rings.